The van der Waals surface area contributed by atoms with Crippen LogP contribution in [0.2, 0.25) is 0 Å². The van der Waals surface area contributed by atoms with Crippen molar-refractivity contribution in [3.8, 4) is 0 Å². The van der Waals surface area contributed by atoms with Gasteiger partial charge in [-0.1, -0.05) is 26.0 Å². The molecule has 0 aromatic heterocycles. The molecule has 1 aromatic carbocycles. The summed E-state index contributed by atoms with van der Waals surface area (Å²) in [6.45, 7) is 6.07. The van der Waals surface area contributed by atoms with E-state index in [9.17, 15) is 8.42 Å². The van der Waals surface area contributed by atoms with Gasteiger partial charge in [-0.05, 0) is 30.5 Å². The molecule has 1 saturated heterocycles. The third-order valence-electron chi connectivity index (χ3n) is 3.43. The first-order valence-electron chi connectivity index (χ1n) is 7.40. The van der Waals surface area contributed by atoms with Crippen molar-refractivity contribution in [2.45, 2.75) is 50.2 Å². The van der Waals surface area contributed by atoms with Gasteiger partial charge < -0.3 is 10.1 Å². The van der Waals surface area contributed by atoms with Gasteiger partial charge in [-0.15, -0.1) is 0 Å². The Labute approximate surface area is 127 Å². The zero-order valence-corrected chi connectivity index (χ0v) is 13.4. The van der Waals surface area contributed by atoms with Crippen molar-refractivity contribution >= 4 is 10.0 Å². The van der Waals surface area contributed by atoms with E-state index in [4.69, 9.17) is 4.74 Å². The smallest absolute Gasteiger partial charge is 0.240 e. The second-order valence-corrected chi connectivity index (χ2v) is 7.43. The van der Waals surface area contributed by atoms with Crippen LogP contribution >= 0.6 is 0 Å². The molecule has 1 heterocycles. The summed E-state index contributed by atoms with van der Waals surface area (Å²) in [7, 11) is -3.46. The Kier molecular flexibility index (Phi) is 5.75. The fourth-order valence-electron chi connectivity index (χ4n) is 2.23. The summed E-state index contributed by atoms with van der Waals surface area (Å²) in [4.78, 5) is 0.307. The molecule has 21 heavy (non-hydrogen) atoms. The summed E-state index contributed by atoms with van der Waals surface area (Å²) in [6.07, 6.45) is 1.72. The number of hydrogen-bond acceptors (Lipinski definition) is 4. The summed E-state index contributed by atoms with van der Waals surface area (Å²) >= 11 is 0. The minimum absolute atomic E-state index is 0.119. The second-order valence-electron chi connectivity index (χ2n) is 5.71. The topological polar surface area (TPSA) is 67.4 Å². The monoisotopic (exact) mass is 312 g/mol. The molecule has 1 aliphatic rings. The van der Waals surface area contributed by atoms with Crippen LogP contribution in [0.25, 0.3) is 0 Å². The van der Waals surface area contributed by atoms with Gasteiger partial charge in [-0.25, -0.2) is 13.1 Å². The second kappa shape index (κ2) is 7.35. The third kappa shape index (κ3) is 5.07. The highest BCUT2D eigenvalue weighted by Crippen LogP contribution is 2.14. The minimum atomic E-state index is -3.46. The predicted octanol–water partition coefficient (Wildman–Crippen LogP) is 1.64. The molecule has 2 N–H and O–H groups in total. The molecule has 0 bridgehead atoms. The van der Waals surface area contributed by atoms with Crippen LogP contribution in [0.1, 0.15) is 32.3 Å². The number of rotatable bonds is 6. The Morgan fingerprint density at radius 2 is 2.00 bits per heavy atom. The molecule has 2 rings (SSSR count). The lowest BCUT2D eigenvalue weighted by atomic mass is 10.1. The van der Waals surface area contributed by atoms with Crippen molar-refractivity contribution in [2.24, 2.45) is 0 Å². The molecule has 5 nitrogen and oxygen atoms in total. The minimum Gasteiger partial charge on any atom is -0.380 e. The van der Waals surface area contributed by atoms with Crippen molar-refractivity contribution in [3.63, 3.8) is 0 Å². The fraction of sp³-hybridized carbons (Fsp3) is 0.600. The Morgan fingerprint density at radius 3 is 2.57 bits per heavy atom. The number of nitrogens with one attached hydrogen (secondary N) is 2. The molecule has 1 aromatic rings. The van der Waals surface area contributed by atoms with E-state index >= 15 is 0 Å². The lowest BCUT2D eigenvalue weighted by Crippen LogP contribution is -2.40. The predicted molar refractivity (Wildman–Crippen MR) is 82.6 cm³/mol. The van der Waals surface area contributed by atoms with Crippen LogP contribution in [0.3, 0.4) is 0 Å². The van der Waals surface area contributed by atoms with Crippen LogP contribution < -0.4 is 10.0 Å². The summed E-state index contributed by atoms with van der Waals surface area (Å²) in [5, 5.41) is 3.30. The summed E-state index contributed by atoms with van der Waals surface area (Å²) in [5.41, 5.74) is 1.07. The molecular weight excluding hydrogens is 288 g/mol. The molecule has 1 unspecified atom stereocenters. The van der Waals surface area contributed by atoms with Crippen molar-refractivity contribution in [1.29, 1.82) is 0 Å². The molecular formula is C15H24N2O3S. The van der Waals surface area contributed by atoms with Crippen LogP contribution in [0.4, 0.5) is 0 Å². The Morgan fingerprint density at radius 1 is 1.29 bits per heavy atom. The molecule has 118 valence electrons. The molecule has 1 fully saturated rings. The first-order chi connectivity index (χ1) is 9.97. The Hall–Kier alpha value is -0.950. The zero-order chi connectivity index (χ0) is 15.3. The van der Waals surface area contributed by atoms with Crippen molar-refractivity contribution < 1.29 is 13.2 Å². The fourth-order valence-corrected chi connectivity index (χ4v) is 3.48. The van der Waals surface area contributed by atoms with Gasteiger partial charge in [-0.3, -0.25) is 0 Å². The number of sulfonamides is 1. The molecule has 1 aliphatic heterocycles. The van der Waals surface area contributed by atoms with Gasteiger partial charge in [0.2, 0.25) is 10.0 Å². The molecule has 0 spiro atoms. The number of benzene rings is 1. The van der Waals surface area contributed by atoms with Crippen LogP contribution in [-0.2, 0) is 21.3 Å². The first kappa shape index (κ1) is 16.4. The highest BCUT2D eigenvalue weighted by atomic mass is 32.2. The maximum atomic E-state index is 12.3. The standard InChI is InChI=1S/C15H24N2O3S/c1-12(2)16-10-13-5-7-15(8-6-13)21(18,19)17-14-4-3-9-20-11-14/h5-8,12,14,16-17H,3-4,9-11H2,1-2H3. The SMILES string of the molecule is CC(C)NCc1ccc(S(=O)(=O)NC2CCCOC2)cc1. The zero-order valence-electron chi connectivity index (χ0n) is 12.6. The third-order valence-corrected chi connectivity index (χ3v) is 4.97. The Balaban J connectivity index is 1.99. The van der Waals surface area contributed by atoms with Crippen LogP contribution in [0, 0.1) is 0 Å². The maximum absolute atomic E-state index is 12.3. The lowest BCUT2D eigenvalue weighted by Gasteiger charge is -2.23. The van der Waals surface area contributed by atoms with E-state index in [1.54, 1.807) is 12.1 Å². The molecule has 6 heteroatoms. The first-order valence-corrected chi connectivity index (χ1v) is 8.88. The molecule has 0 aliphatic carbocycles. The average molecular weight is 312 g/mol. The van der Waals surface area contributed by atoms with Crippen molar-refractivity contribution in [3.05, 3.63) is 29.8 Å². The average Bonchev–Trinajstić information content (AvgIpc) is 2.46. The Bertz CT molecular complexity index is 535. The van der Waals surface area contributed by atoms with Crippen LogP contribution in [-0.4, -0.2) is 33.7 Å². The largest absolute Gasteiger partial charge is 0.380 e. The van der Waals surface area contributed by atoms with Crippen LogP contribution in [0.15, 0.2) is 29.2 Å². The van der Waals surface area contributed by atoms with E-state index in [0.29, 0.717) is 17.5 Å². The summed E-state index contributed by atoms with van der Waals surface area (Å²) in [6, 6.07) is 7.29. The molecule has 0 amide bonds. The number of hydrogen-bond donors (Lipinski definition) is 2. The van der Waals surface area contributed by atoms with Gasteiger partial charge in [0.15, 0.2) is 0 Å². The van der Waals surface area contributed by atoms with Gasteiger partial charge in [0.05, 0.1) is 11.5 Å². The van der Waals surface area contributed by atoms with Gasteiger partial charge >= 0.3 is 0 Å². The maximum Gasteiger partial charge on any atom is 0.240 e. The highest BCUT2D eigenvalue weighted by Gasteiger charge is 2.22. The van der Waals surface area contributed by atoms with Gasteiger partial charge in [0.1, 0.15) is 0 Å². The quantitative estimate of drug-likeness (QED) is 0.838. The van der Waals surface area contributed by atoms with E-state index in [2.05, 4.69) is 23.9 Å². The van der Waals surface area contributed by atoms with Gasteiger partial charge in [-0.2, -0.15) is 0 Å². The van der Waals surface area contributed by atoms with E-state index in [1.807, 2.05) is 12.1 Å². The van der Waals surface area contributed by atoms with E-state index in [0.717, 1.165) is 31.6 Å². The summed E-state index contributed by atoms with van der Waals surface area (Å²) in [5.74, 6) is 0. The van der Waals surface area contributed by atoms with Gasteiger partial charge in [0, 0.05) is 25.2 Å². The molecule has 0 radical (unpaired) electrons. The van der Waals surface area contributed by atoms with E-state index in [-0.39, 0.29) is 6.04 Å². The lowest BCUT2D eigenvalue weighted by molar-refractivity contribution is 0.0774. The summed E-state index contributed by atoms with van der Waals surface area (Å²) < 4.78 is 32.6. The van der Waals surface area contributed by atoms with Crippen molar-refractivity contribution in [1.82, 2.24) is 10.0 Å². The van der Waals surface area contributed by atoms with Crippen molar-refractivity contribution in [2.75, 3.05) is 13.2 Å². The van der Waals surface area contributed by atoms with E-state index in [1.165, 1.54) is 0 Å². The molecule has 0 saturated carbocycles. The van der Waals surface area contributed by atoms with Crippen LogP contribution in [0.5, 0.6) is 0 Å². The molecule has 1 atom stereocenters. The highest BCUT2D eigenvalue weighted by molar-refractivity contribution is 7.89. The van der Waals surface area contributed by atoms with E-state index < -0.39 is 10.0 Å². The van der Waals surface area contributed by atoms with Gasteiger partial charge in [0.25, 0.3) is 0 Å². The number of ether oxygens (including phenoxy) is 1. The normalized spacial score (nSPS) is 19.9.